The highest BCUT2D eigenvalue weighted by molar-refractivity contribution is 5.76. The normalized spacial score (nSPS) is 10.9. The number of carbonyl (C=O) groups is 1. The van der Waals surface area contributed by atoms with Gasteiger partial charge in [0.15, 0.2) is 0 Å². The summed E-state index contributed by atoms with van der Waals surface area (Å²) in [5, 5.41) is 8.70. The smallest absolute Gasteiger partial charge is 0.222 e. The number of aliphatic hydroxyl groups is 1. The van der Waals surface area contributed by atoms with Crippen LogP contribution in [0.2, 0.25) is 0 Å². The SMILES string of the molecule is CCN(CC)CCCN(CC)C(=O)CCCO. The molecule has 0 aliphatic heterocycles. The fourth-order valence-corrected chi connectivity index (χ4v) is 1.87. The minimum Gasteiger partial charge on any atom is -0.396 e. The van der Waals surface area contributed by atoms with Gasteiger partial charge in [-0.25, -0.2) is 0 Å². The van der Waals surface area contributed by atoms with Crippen LogP contribution in [0, 0.1) is 0 Å². The third-order valence-corrected chi connectivity index (χ3v) is 3.08. The Kier molecular flexibility index (Phi) is 10.2. The molecule has 1 amide bonds. The second-order valence-electron chi connectivity index (χ2n) is 4.18. The molecule has 1 N–H and O–H groups in total. The molecule has 0 fully saturated rings. The summed E-state index contributed by atoms with van der Waals surface area (Å²) >= 11 is 0. The van der Waals surface area contributed by atoms with E-state index in [9.17, 15) is 4.79 Å². The van der Waals surface area contributed by atoms with Crippen LogP contribution < -0.4 is 0 Å². The van der Waals surface area contributed by atoms with E-state index in [-0.39, 0.29) is 12.5 Å². The third kappa shape index (κ3) is 7.34. The summed E-state index contributed by atoms with van der Waals surface area (Å²) < 4.78 is 0. The van der Waals surface area contributed by atoms with Crippen molar-refractivity contribution in [1.82, 2.24) is 9.80 Å². The molecule has 0 atom stereocenters. The van der Waals surface area contributed by atoms with Gasteiger partial charge in [-0.3, -0.25) is 4.79 Å². The molecule has 0 aliphatic carbocycles. The van der Waals surface area contributed by atoms with Crippen molar-refractivity contribution in [1.29, 1.82) is 0 Å². The van der Waals surface area contributed by atoms with Gasteiger partial charge >= 0.3 is 0 Å². The molecule has 0 aliphatic rings. The Morgan fingerprint density at radius 1 is 1.00 bits per heavy atom. The van der Waals surface area contributed by atoms with Gasteiger partial charge in [-0.1, -0.05) is 13.8 Å². The minimum atomic E-state index is 0.0999. The Balaban J connectivity index is 3.84. The summed E-state index contributed by atoms with van der Waals surface area (Å²) in [4.78, 5) is 16.0. The van der Waals surface area contributed by atoms with E-state index in [1.54, 1.807) is 0 Å². The highest BCUT2D eigenvalue weighted by Gasteiger charge is 2.10. The van der Waals surface area contributed by atoms with Crippen molar-refractivity contribution < 1.29 is 9.90 Å². The molecule has 0 aromatic heterocycles. The van der Waals surface area contributed by atoms with Crippen LogP contribution in [0.1, 0.15) is 40.0 Å². The van der Waals surface area contributed by atoms with Crippen molar-refractivity contribution in [2.75, 3.05) is 39.3 Å². The molecule has 17 heavy (non-hydrogen) atoms. The molecular formula is C13H28N2O2. The van der Waals surface area contributed by atoms with E-state index in [0.29, 0.717) is 12.8 Å². The maximum absolute atomic E-state index is 11.7. The van der Waals surface area contributed by atoms with E-state index < -0.39 is 0 Å². The van der Waals surface area contributed by atoms with Crippen LogP contribution >= 0.6 is 0 Å². The van der Waals surface area contributed by atoms with Gasteiger partial charge in [0.2, 0.25) is 5.91 Å². The molecule has 0 unspecified atom stereocenters. The Morgan fingerprint density at radius 2 is 1.65 bits per heavy atom. The van der Waals surface area contributed by atoms with Gasteiger partial charge in [0.1, 0.15) is 0 Å². The van der Waals surface area contributed by atoms with Gasteiger partial charge < -0.3 is 14.9 Å². The van der Waals surface area contributed by atoms with Crippen molar-refractivity contribution in [2.45, 2.75) is 40.0 Å². The molecule has 0 radical (unpaired) electrons. The zero-order valence-electron chi connectivity index (χ0n) is 11.6. The second-order valence-corrected chi connectivity index (χ2v) is 4.18. The van der Waals surface area contributed by atoms with E-state index in [4.69, 9.17) is 5.11 Å². The predicted octanol–water partition coefficient (Wildman–Crippen LogP) is 1.34. The number of aliphatic hydroxyl groups excluding tert-OH is 1. The largest absolute Gasteiger partial charge is 0.396 e. The summed E-state index contributed by atoms with van der Waals surface area (Å²) in [6.45, 7) is 11.2. The van der Waals surface area contributed by atoms with Crippen LogP contribution in [-0.2, 0) is 4.79 Å². The van der Waals surface area contributed by atoms with Crippen molar-refractivity contribution >= 4 is 5.91 Å². The molecule has 4 nitrogen and oxygen atoms in total. The summed E-state index contributed by atoms with van der Waals surface area (Å²) in [5.74, 6) is 0.168. The quantitative estimate of drug-likeness (QED) is 0.630. The maximum Gasteiger partial charge on any atom is 0.222 e. The van der Waals surface area contributed by atoms with Crippen molar-refractivity contribution in [3.05, 3.63) is 0 Å². The summed E-state index contributed by atoms with van der Waals surface area (Å²) in [6.07, 6.45) is 2.07. The van der Waals surface area contributed by atoms with Crippen molar-refractivity contribution in [3.8, 4) is 0 Å². The van der Waals surface area contributed by atoms with Crippen LogP contribution in [0.15, 0.2) is 0 Å². The van der Waals surface area contributed by atoms with Gasteiger partial charge in [-0.2, -0.15) is 0 Å². The highest BCUT2D eigenvalue weighted by Crippen LogP contribution is 2.00. The molecule has 0 saturated carbocycles. The van der Waals surface area contributed by atoms with E-state index in [1.165, 1.54) is 0 Å². The first-order chi connectivity index (χ1) is 8.19. The summed E-state index contributed by atoms with van der Waals surface area (Å²) in [6, 6.07) is 0. The van der Waals surface area contributed by atoms with Gasteiger partial charge in [0.05, 0.1) is 0 Å². The third-order valence-electron chi connectivity index (χ3n) is 3.08. The first kappa shape index (κ1) is 16.4. The molecule has 4 heteroatoms. The highest BCUT2D eigenvalue weighted by atomic mass is 16.3. The molecule has 0 spiro atoms. The number of hydrogen-bond acceptors (Lipinski definition) is 3. The predicted molar refractivity (Wildman–Crippen MR) is 71.0 cm³/mol. The van der Waals surface area contributed by atoms with Gasteiger partial charge in [-0.05, 0) is 39.4 Å². The van der Waals surface area contributed by atoms with Crippen LogP contribution in [0.25, 0.3) is 0 Å². The molecule has 0 aromatic carbocycles. The van der Waals surface area contributed by atoms with Crippen molar-refractivity contribution in [3.63, 3.8) is 0 Å². The second kappa shape index (κ2) is 10.5. The molecule has 0 saturated heterocycles. The minimum absolute atomic E-state index is 0.0999. The lowest BCUT2D eigenvalue weighted by Crippen LogP contribution is -2.34. The lowest BCUT2D eigenvalue weighted by molar-refractivity contribution is -0.131. The lowest BCUT2D eigenvalue weighted by Gasteiger charge is -2.23. The standard InChI is InChI=1S/C13H28N2O2/c1-4-14(5-2)10-8-11-15(6-3)13(17)9-7-12-16/h16H,4-12H2,1-3H3. The first-order valence-electron chi connectivity index (χ1n) is 6.80. The number of carbonyl (C=O) groups excluding carboxylic acids is 1. The topological polar surface area (TPSA) is 43.8 Å². The van der Waals surface area contributed by atoms with E-state index in [1.807, 2.05) is 11.8 Å². The fourth-order valence-electron chi connectivity index (χ4n) is 1.87. The van der Waals surface area contributed by atoms with Crippen LogP contribution in [0.4, 0.5) is 0 Å². The molecular weight excluding hydrogens is 216 g/mol. The Labute approximate surface area is 106 Å². The molecule has 0 heterocycles. The van der Waals surface area contributed by atoms with E-state index in [2.05, 4.69) is 18.7 Å². The number of amides is 1. The van der Waals surface area contributed by atoms with Gasteiger partial charge in [-0.15, -0.1) is 0 Å². The monoisotopic (exact) mass is 244 g/mol. The number of hydrogen-bond donors (Lipinski definition) is 1. The lowest BCUT2D eigenvalue weighted by atomic mass is 10.2. The molecule has 0 aromatic rings. The Bertz CT molecular complexity index is 194. The molecule has 0 rings (SSSR count). The summed E-state index contributed by atoms with van der Waals surface area (Å²) in [7, 11) is 0. The zero-order valence-corrected chi connectivity index (χ0v) is 11.6. The van der Waals surface area contributed by atoms with E-state index >= 15 is 0 Å². The maximum atomic E-state index is 11.7. The Hall–Kier alpha value is -0.610. The van der Waals surface area contributed by atoms with Crippen LogP contribution in [0.5, 0.6) is 0 Å². The van der Waals surface area contributed by atoms with Gasteiger partial charge in [0, 0.05) is 26.1 Å². The first-order valence-corrected chi connectivity index (χ1v) is 6.80. The molecule has 102 valence electrons. The van der Waals surface area contributed by atoms with E-state index in [0.717, 1.165) is 39.1 Å². The van der Waals surface area contributed by atoms with Crippen molar-refractivity contribution in [2.24, 2.45) is 0 Å². The average Bonchev–Trinajstić information content (AvgIpc) is 2.36. The summed E-state index contributed by atoms with van der Waals surface area (Å²) in [5.41, 5.74) is 0. The Morgan fingerprint density at radius 3 is 2.12 bits per heavy atom. The van der Waals surface area contributed by atoms with Gasteiger partial charge in [0.25, 0.3) is 0 Å². The number of rotatable bonds is 10. The average molecular weight is 244 g/mol. The number of nitrogens with zero attached hydrogens (tertiary/aromatic N) is 2. The zero-order chi connectivity index (χ0) is 13.1. The fraction of sp³-hybridized carbons (Fsp3) is 0.923. The molecule has 0 bridgehead atoms. The van der Waals surface area contributed by atoms with Crippen LogP contribution in [0.3, 0.4) is 0 Å². The van der Waals surface area contributed by atoms with Crippen LogP contribution in [-0.4, -0.2) is 60.1 Å².